The van der Waals surface area contributed by atoms with Crippen LogP contribution in [0.25, 0.3) is 0 Å². The highest BCUT2D eigenvalue weighted by atomic mass is 32.2. The van der Waals surface area contributed by atoms with Crippen molar-refractivity contribution in [2.45, 2.75) is 25.7 Å². The van der Waals surface area contributed by atoms with E-state index in [1.54, 1.807) is 13.8 Å². The summed E-state index contributed by atoms with van der Waals surface area (Å²) >= 11 is 0. The Balaban J connectivity index is 2.60. The fourth-order valence-electron chi connectivity index (χ4n) is 0.864. The molecule has 0 bridgehead atoms. The summed E-state index contributed by atoms with van der Waals surface area (Å²) < 4.78 is 31.2. The van der Waals surface area contributed by atoms with Crippen molar-refractivity contribution in [3.8, 4) is 0 Å². The number of hydrogen-bond acceptors (Lipinski definition) is 5. The molecule has 1 saturated heterocycles. The van der Waals surface area contributed by atoms with Gasteiger partial charge in [-0.3, -0.25) is 8.98 Å². The Kier molecular flexibility index (Phi) is 2.92. The predicted molar refractivity (Wildman–Crippen MR) is 44.2 cm³/mol. The Hall–Kier alpha value is -0.620. The molecule has 76 valence electrons. The molecule has 0 spiro atoms. The van der Waals surface area contributed by atoms with Crippen LogP contribution in [0.5, 0.6) is 0 Å². The summed E-state index contributed by atoms with van der Waals surface area (Å²) in [6, 6.07) is 0. The van der Waals surface area contributed by atoms with Crippen molar-refractivity contribution >= 4 is 16.1 Å². The molecular formula is C7H12O5S. The van der Waals surface area contributed by atoms with Crippen LogP contribution in [0.3, 0.4) is 0 Å². The van der Waals surface area contributed by atoms with E-state index in [2.05, 4.69) is 4.18 Å². The van der Waals surface area contributed by atoms with Crippen LogP contribution in [0, 0.1) is 5.92 Å². The second-order valence-corrected chi connectivity index (χ2v) is 4.87. The lowest BCUT2D eigenvalue weighted by Crippen LogP contribution is -2.25. The van der Waals surface area contributed by atoms with Gasteiger partial charge < -0.3 is 4.74 Å². The fourth-order valence-corrected chi connectivity index (χ4v) is 1.94. The Labute approximate surface area is 77.1 Å². The molecule has 1 aliphatic rings. The maximum atomic E-state index is 11.0. The van der Waals surface area contributed by atoms with Crippen molar-refractivity contribution in [3.05, 3.63) is 0 Å². The van der Waals surface area contributed by atoms with Crippen LogP contribution in [-0.4, -0.2) is 26.4 Å². The third-order valence-corrected chi connectivity index (χ3v) is 3.11. The van der Waals surface area contributed by atoms with Crippen LogP contribution in [0.15, 0.2) is 0 Å². The Morgan fingerprint density at radius 3 is 2.54 bits per heavy atom. The first kappa shape index (κ1) is 10.5. The molecule has 0 radical (unpaired) electrons. The first-order valence-corrected chi connectivity index (χ1v) is 5.49. The van der Waals surface area contributed by atoms with Gasteiger partial charge in [-0.2, -0.15) is 8.42 Å². The van der Waals surface area contributed by atoms with Crippen LogP contribution in [0.4, 0.5) is 0 Å². The van der Waals surface area contributed by atoms with Crippen molar-refractivity contribution in [2.75, 3.05) is 6.61 Å². The summed E-state index contributed by atoms with van der Waals surface area (Å²) in [6.07, 6.45) is 0.223. The molecule has 1 rings (SSSR count). The minimum absolute atomic E-state index is 0.0956. The van der Waals surface area contributed by atoms with E-state index in [0.717, 1.165) is 0 Å². The molecule has 1 aliphatic heterocycles. The third-order valence-electron chi connectivity index (χ3n) is 1.64. The molecule has 0 aliphatic carbocycles. The lowest BCUT2D eigenvalue weighted by atomic mass is 10.2. The zero-order chi connectivity index (χ0) is 10.1. The first-order chi connectivity index (χ1) is 5.93. The molecule has 6 heteroatoms. The molecule has 1 heterocycles. The second-order valence-electron chi connectivity index (χ2n) is 3.12. The van der Waals surface area contributed by atoms with Gasteiger partial charge in [-0.15, -0.1) is 0 Å². The summed E-state index contributed by atoms with van der Waals surface area (Å²) in [5.74, 6) is -0.838. The zero-order valence-corrected chi connectivity index (χ0v) is 8.33. The second kappa shape index (κ2) is 3.63. The number of rotatable bonds is 2. The topological polar surface area (TPSA) is 69.7 Å². The summed E-state index contributed by atoms with van der Waals surface area (Å²) in [7, 11) is -3.66. The molecule has 0 aromatic carbocycles. The summed E-state index contributed by atoms with van der Waals surface area (Å²) in [4.78, 5) is 11.0. The Morgan fingerprint density at radius 1 is 1.54 bits per heavy atom. The first-order valence-electron chi connectivity index (χ1n) is 4.02. The van der Waals surface area contributed by atoms with E-state index in [4.69, 9.17) is 4.74 Å². The number of carbonyl (C=O) groups excluding carboxylic acids is 1. The highest BCUT2D eigenvalue weighted by Gasteiger charge is 2.36. The van der Waals surface area contributed by atoms with Crippen molar-refractivity contribution in [1.29, 1.82) is 0 Å². The van der Waals surface area contributed by atoms with E-state index in [9.17, 15) is 13.2 Å². The third kappa shape index (κ3) is 2.41. The SMILES string of the molecule is CC(C)C(=O)OC1CCOS1(=O)=O. The van der Waals surface area contributed by atoms with E-state index in [0.29, 0.717) is 0 Å². The van der Waals surface area contributed by atoms with Crippen molar-refractivity contribution in [2.24, 2.45) is 5.92 Å². The molecule has 0 N–H and O–H groups in total. The van der Waals surface area contributed by atoms with Gasteiger partial charge in [-0.25, -0.2) is 0 Å². The predicted octanol–water partition coefficient (Wildman–Crippen LogP) is 0.262. The summed E-state index contributed by atoms with van der Waals surface area (Å²) in [5.41, 5.74) is -1.11. The van der Waals surface area contributed by atoms with Gasteiger partial charge in [0.25, 0.3) is 0 Å². The van der Waals surface area contributed by atoms with Gasteiger partial charge in [-0.1, -0.05) is 13.8 Å². The molecule has 5 nitrogen and oxygen atoms in total. The van der Waals surface area contributed by atoms with Crippen LogP contribution in [0.2, 0.25) is 0 Å². The van der Waals surface area contributed by atoms with Crippen molar-refractivity contribution in [3.63, 3.8) is 0 Å². The van der Waals surface area contributed by atoms with Crippen LogP contribution in [0.1, 0.15) is 20.3 Å². The van der Waals surface area contributed by atoms with Crippen molar-refractivity contribution < 1.29 is 22.1 Å². The van der Waals surface area contributed by atoms with E-state index in [-0.39, 0.29) is 18.9 Å². The monoisotopic (exact) mass is 208 g/mol. The largest absolute Gasteiger partial charge is 0.443 e. The van der Waals surface area contributed by atoms with Gasteiger partial charge in [0, 0.05) is 6.42 Å². The normalized spacial score (nSPS) is 26.2. The average molecular weight is 208 g/mol. The average Bonchev–Trinajstić information content (AvgIpc) is 2.30. The lowest BCUT2D eigenvalue weighted by Gasteiger charge is -2.10. The highest BCUT2D eigenvalue weighted by molar-refractivity contribution is 7.87. The quantitative estimate of drug-likeness (QED) is 0.481. The molecule has 0 saturated carbocycles. The van der Waals surface area contributed by atoms with Gasteiger partial charge in [-0.05, 0) is 0 Å². The molecule has 0 aromatic heterocycles. The molecule has 1 unspecified atom stereocenters. The molecule has 1 fully saturated rings. The Bertz CT molecular complexity index is 292. The zero-order valence-electron chi connectivity index (χ0n) is 7.52. The smallest absolute Gasteiger partial charge is 0.309 e. The number of hydrogen-bond donors (Lipinski definition) is 0. The van der Waals surface area contributed by atoms with Gasteiger partial charge in [0.05, 0.1) is 12.5 Å². The summed E-state index contributed by atoms with van der Waals surface area (Å²) in [6.45, 7) is 3.38. The summed E-state index contributed by atoms with van der Waals surface area (Å²) in [5, 5.41) is 0. The van der Waals surface area contributed by atoms with Crippen LogP contribution in [-0.2, 0) is 23.8 Å². The maximum absolute atomic E-state index is 11.0. The minimum atomic E-state index is -3.66. The number of carbonyl (C=O) groups is 1. The number of ether oxygens (including phenoxy) is 1. The van der Waals surface area contributed by atoms with Crippen LogP contribution < -0.4 is 0 Å². The van der Waals surface area contributed by atoms with Crippen LogP contribution >= 0.6 is 0 Å². The molecule has 13 heavy (non-hydrogen) atoms. The van der Waals surface area contributed by atoms with E-state index < -0.39 is 21.5 Å². The molecule has 0 amide bonds. The van der Waals surface area contributed by atoms with Gasteiger partial charge in [0.15, 0.2) is 0 Å². The number of esters is 1. The van der Waals surface area contributed by atoms with E-state index in [1.165, 1.54) is 0 Å². The molecule has 1 atom stereocenters. The molecule has 0 aromatic rings. The van der Waals surface area contributed by atoms with Gasteiger partial charge >= 0.3 is 16.1 Å². The van der Waals surface area contributed by atoms with E-state index >= 15 is 0 Å². The van der Waals surface area contributed by atoms with Gasteiger partial charge in [0.1, 0.15) is 0 Å². The van der Waals surface area contributed by atoms with Crippen molar-refractivity contribution in [1.82, 2.24) is 0 Å². The standard InChI is InChI=1S/C7H12O5S/c1-5(2)7(8)12-6-3-4-11-13(6,9)10/h5-6H,3-4H2,1-2H3. The lowest BCUT2D eigenvalue weighted by molar-refractivity contribution is -0.149. The maximum Gasteiger partial charge on any atom is 0.309 e. The minimum Gasteiger partial charge on any atom is -0.443 e. The molecular weight excluding hydrogens is 196 g/mol. The Morgan fingerprint density at radius 2 is 2.15 bits per heavy atom. The van der Waals surface area contributed by atoms with Gasteiger partial charge in [0.2, 0.25) is 5.44 Å². The highest BCUT2D eigenvalue weighted by Crippen LogP contribution is 2.19. The van der Waals surface area contributed by atoms with E-state index in [1.807, 2.05) is 0 Å². The fraction of sp³-hybridized carbons (Fsp3) is 0.857.